The van der Waals surface area contributed by atoms with E-state index in [1.54, 1.807) is 6.07 Å². The lowest BCUT2D eigenvalue weighted by atomic mass is 9.83. The zero-order valence-corrected chi connectivity index (χ0v) is 7.31. The van der Waals surface area contributed by atoms with E-state index in [1.807, 2.05) is 0 Å². The van der Waals surface area contributed by atoms with Gasteiger partial charge < -0.3 is 10.2 Å². The van der Waals surface area contributed by atoms with Gasteiger partial charge in [-0.15, -0.1) is 0 Å². The number of aliphatic hydroxyl groups excluding tert-OH is 2. The van der Waals surface area contributed by atoms with Gasteiger partial charge in [0, 0.05) is 6.42 Å². The quantitative estimate of drug-likeness (QED) is 0.590. The molecule has 0 aromatic rings. The average molecular weight is 183 g/mol. The van der Waals surface area contributed by atoms with Gasteiger partial charge >= 0.3 is 0 Å². The van der Waals surface area contributed by atoms with Crippen LogP contribution in [0.1, 0.15) is 25.7 Å². The van der Waals surface area contributed by atoms with Crippen LogP contribution in [0.4, 0.5) is 0 Å². The highest BCUT2D eigenvalue weighted by Gasteiger charge is 2.28. The average Bonchev–Trinajstić information content (AvgIpc) is 2.11. The summed E-state index contributed by atoms with van der Waals surface area (Å²) in [6.07, 6.45) is 0.476. The molecule has 1 aliphatic rings. The summed E-state index contributed by atoms with van der Waals surface area (Å²) in [5.41, 5.74) is 0. The van der Waals surface area contributed by atoms with Gasteiger partial charge in [-0.3, -0.25) is 4.79 Å². The highest BCUT2D eigenvalue weighted by Crippen LogP contribution is 2.27. The zero-order chi connectivity index (χ0) is 9.84. The van der Waals surface area contributed by atoms with E-state index in [2.05, 4.69) is 0 Å². The minimum atomic E-state index is -0.731. The standard InChI is InChI=1S/C9H13NO3/c10-5-7(11)3-6-1-2-8(12)9(13)4-6/h6,8-9,12-13H,1-4H2. The second-order valence-electron chi connectivity index (χ2n) is 3.55. The molecule has 13 heavy (non-hydrogen) atoms. The summed E-state index contributed by atoms with van der Waals surface area (Å²) in [6.45, 7) is 0. The van der Waals surface area contributed by atoms with Crippen molar-refractivity contribution in [2.75, 3.05) is 0 Å². The molecule has 1 aliphatic carbocycles. The highest BCUT2D eigenvalue weighted by molar-refractivity contribution is 5.93. The van der Waals surface area contributed by atoms with Gasteiger partial charge in [0.25, 0.3) is 0 Å². The van der Waals surface area contributed by atoms with Crippen LogP contribution < -0.4 is 0 Å². The van der Waals surface area contributed by atoms with E-state index in [4.69, 9.17) is 5.26 Å². The minimum absolute atomic E-state index is 0.0607. The van der Waals surface area contributed by atoms with Crippen LogP contribution in [0, 0.1) is 17.2 Å². The molecule has 3 atom stereocenters. The lowest BCUT2D eigenvalue weighted by Gasteiger charge is -2.29. The molecule has 0 aliphatic heterocycles. The fraction of sp³-hybridized carbons (Fsp3) is 0.778. The van der Waals surface area contributed by atoms with Crippen molar-refractivity contribution in [2.24, 2.45) is 5.92 Å². The summed E-state index contributed by atoms with van der Waals surface area (Å²) < 4.78 is 0. The molecule has 0 radical (unpaired) electrons. The Balaban J connectivity index is 2.38. The molecule has 1 fully saturated rings. The van der Waals surface area contributed by atoms with Crippen molar-refractivity contribution in [3.63, 3.8) is 0 Å². The topological polar surface area (TPSA) is 81.3 Å². The third-order valence-electron chi connectivity index (χ3n) is 2.49. The van der Waals surface area contributed by atoms with E-state index in [-0.39, 0.29) is 12.3 Å². The molecular weight excluding hydrogens is 170 g/mol. The van der Waals surface area contributed by atoms with Crippen molar-refractivity contribution in [2.45, 2.75) is 37.9 Å². The molecular formula is C9H13NO3. The molecule has 0 heterocycles. The van der Waals surface area contributed by atoms with E-state index in [0.717, 1.165) is 0 Å². The molecule has 72 valence electrons. The summed E-state index contributed by atoms with van der Waals surface area (Å²) in [5, 5.41) is 26.7. The van der Waals surface area contributed by atoms with Gasteiger partial charge in [0.05, 0.1) is 12.2 Å². The van der Waals surface area contributed by atoms with Crippen LogP contribution in [0.2, 0.25) is 0 Å². The molecule has 0 aromatic carbocycles. The molecule has 4 heteroatoms. The first kappa shape index (κ1) is 10.2. The second-order valence-corrected chi connectivity index (χ2v) is 3.55. The molecule has 0 spiro atoms. The highest BCUT2D eigenvalue weighted by atomic mass is 16.3. The van der Waals surface area contributed by atoms with Crippen molar-refractivity contribution >= 4 is 5.78 Å². The maximum atomic E-state index is 10.8. The lowest BCUT2D eigenvalue weighted by Crippen LogP contribution is -2.34. The number of nitrogens with zero attached hydrogens (tertiary/aromatic N) is 1. The predicted octanol–water partition coefficient (Wildman–Crippen LogP) is -0.00892. The molecule has 0 amide bonds. The van der Waals surface area contributed by atoms with Crippen molar-refractivity contribution in [1.29, 1.82) is 5.26 Å². The maximum absolute atomic E-state index is 10.8. The van der Waals surface area contributed by atoms with E-state index in [1.165, 1.54) is 0 Å². The Morgan fingerprint density at radius 2 is 2.08 bits per heavy atom. The van der Waals surface area contributed by atoms with Gasteiger partial charge in [-0.2, -0.15) is 5.26 Å². The van der Waals surface area contributed by atoms with E-state index < -0.39 is 18.0 Å². The van der Waals surface area contributed by atoms with Crippen LogP contribution in [0.15, 0.2) is 0 Å². The molecule has 1 rings (SSSR count). The van der Waals surface area contributed by atoms with Gasteiger partial charge in [0.15, 0.2) is 0 Å². The summed E-state index contributed by atoms with van der Waals surface area (Å²) in [7, 11) is 0. The van der Waals surface area contributed by atoms with Crippen molar-refractivity contribution in [1.82, 2.24) is 0 Å². The normalized spacial score (nSPS) is 33.8. The van der Waals surface area contributed by atoms with Crippen LogP contribution in [-0.4, -0.2) is 28.2 Å². The maximum Gasteiger partial charge on any atom is 0.232 e. The summed E-state index contributed by atoms with van der Waals surface area (Å²) in [4.78, 5) is 10.8. The Bertz CT molecular complexity index is 234. The zero-order valence-electron chi connectivity index (χ0n) is 7.31. The Hall–Kier alpha value is -0.920. The first-order valence-corrected chi connectivity index (χ1v) is 4.42. The van der Waals surface area contributed by atoms with E-state index in [0.29, 0.717) is 19.3 Å². The molecule has 3 unspecified atom stereocenters. The first-order valence-electron chi connectivity index (χ1n) is 4.42. The van der Waals surface area contributed by atoms with Gasteiger partial charge in [0.1, 0.15) is 6.07 Å². The summed E-state index contributed by atoms with van der Waals surface area (Å²) in [5.74, 6) is -0.376. The van der Waals surface area contributed by atoms with Crippen LogP contribution in [0.5, 0.6) is 0 Å². The van der Waals surface area contributed by atoms with Crippen molar-refractivity contribution in [3.8, 4) is 6.07 Å². The van der Waals surface area contributed by atoms with Crippen LogP contribution in [-0.2, 0) is 4.79 Å². The minimum Gasteiger partial charge on any atom is -0.390 e. The fourth-order valence-corrected chi connectivity index (χ4v) is 1.71. The third-order valence-corrected chi connectivity index (χ3v) is 2.49. The largest absolute Gasteiger partial charge is 0.390 e. The van der Waals surface area contributed by atoms with Gasteiger partial charge in [-0.05, 0) is 25.2 Å². The van der Waals surface area contributed by atoms with E-state index >= 15 is 0 Å². The van der Waals surface area contributed by atoms with Crippen molar-refractivity contribution < 1.29 is 15.0 Å². The summed E-state index contributed by atoms with van der Waals surface area (Å²) in [6, 6.07) is 1.56. The number of ketones is 1. The molecule has 0 bridgehead atoms. The lowest BCUT2D eigenvalue weighted by molar-refractivity contribution is -0.116. The SMILES string of the molecule is N#CC(=O)CC1CCC(O)C(O)C1. The Morgan fingerprint density at radius 3 is 2.62 bits per heavy atom. The summed E-state index contributed by atoms with van der Waals surface area (Å²) >= 11 is 0. The first-order chi connectivity index (χ1) is 6.13. The monoisotopic (exact) mass is 183 g/mol. The molecule has 2 N–H and O–H groups in total. The molecule has 0 aromatic heterocycles. The number of hydrogen-bond acceptors (Lipinski definition) is 4. The number of Topliss-reactive ketones (excluding diaryl/α,β-unsaturated/α-hetero) is 1. The smallest absolute Gasteiger partial charge is 0.232 e. The van der Waals surface area contributed by atoms with Gasteiger partial charge in [-0.1, -0.05) is 0 Å². The number of aliphatic hydroxyl groups is 2. The Morgan fingerprint density at radius 1 is 1.38 bits per heavy atom. The third kappa shape index (κ3) is 2.79. The van der Waals surface area contributed by atoms with Crippen LogP contribution in [0.3, 0.4) is 0 Å². The molecule has 4 nitrogen and oxygen atoms in total. The Kier molecular flexibility index (Phi) is 3.40. The number of rotatable bonds is 2. The van der Waals surface area contributed by atoms with Crippen LogP contribution >= 0.6 is 0 Å². The molecule has 1 saturated carbocycles. The Labute approximate surface area is 76.8 Å². The second kappa shape index (κ2) is 4.35. The number of carbonyl (C=O) groups excluding carboxylic acids is 1. The number of nitriles is 1. The van der Waals surface area contributed by atoms with Gasteiger partial charge in [0.2, 0.25) is 5.78 Å². The molecule has 0 saturated heterocycles. The van der Waals surface area contributed by atoms with Gasteiger partial charge in [-0.25, -0.2) is 0 Å². The van der Waals surface area contributed by atoms with E-state index in [9.17, 15) is 15.0 Å². The fourth-order valence-electron chi connectivity index (χ4n) is 1.71. The number of carbonyl (C=O) groups is 1. The van der Waals surface area contributed by atoms with Crippen LogP contribution in [0.25, 0.3) is 0 Å². The number of hydrogen-bond donors (Lipinski definition) is 2. The van der Waals surface area contributed by atoms with Crippen molar-refractivity contribution in [3.05, 3.63) is 0 Å². The predicted molar refractivity (Wildman–Crippen MR) is 44.6 cm³/mol.